The third kappa shape index (κ3) is 6.54. The van der Waals surface area contributed by atoms with Gasteiger partial charge in [0.05, 0.1) is 47.1 Å². The lowest BCUT2D eigenvalue weighted by molar-refractivity contribution is -0.137. The fourth-order valence-corrected chi connectivity index (χ4v) is 6.99. The van der Waals surface area contributed by atoms with Gasteiger partial charge in [-0.2, -0.15) is 22.0 Å². The SMILES string of the molecule is O=S(=O)(c1cccc(C(F)(F)F)c1)N1C[C@@H]2CN(C[C@H](O)CO)CCN2c2ccc(-c3cc(F)cc(OC(F)F)c3)cc21. The van der Waals surface area contributed by atoms with Crippen LogP contribution in [0.25, 0.3) is 11.1 Å². The number of aliphatic hydroxyl groups excluding tert-OH is 2. The van der Waals surface area contributed by atoms with Gasteiger partial charge >= 0.3 is 12.8 Å². The quantitative estimate of drug-likeness (QED) is 0.361. The molecule has 3 aromatic rings. The van der Waals surface area contributed by atoms with Crippen LogP contribution in [0, 0.1) is 5.82 Å². The standard InChI is InChI=1S/C28H27F6N3O5S/c29-20-8-18(9-23(12-20)42-27(30)31)17-4-5-25-26(10-17)37(14-21-13-35(6-7-36(21)25)15-22(39)16-38)43(40,41)24-3-1-2-19(11-24)28(32,33)34/h1-5,8-12,21-22,27,38-39H,6-7,13-16H2/t21-,22-/m0/s1. The van der Waals surface area contributed by atoms with Crippen molar-refractivity contribution in [1.82, 2.24) is 4.90 Å². The van der Waals surface area contributed by atoms with E-state index in [1.54, 1.807) is 12.1 Å². The molecule has 0 saturated carbocycles. The zero-order valence-corrected chi connectivity index (χ0v) is 23.2. The van der Waals surface area contributed by atoms with Crippen LogP contribution in [0.4, 0.5) is 37.7 Å². The second-order valence-electron chi connectivity index (χ2n) is 10.3. The number of halogens is 6. The van der Waals surface area contributed by atoms with E-state index in [9.17, 15) is 45.0 Å². The molecule has 232 valence electrons. The molecule has 8 nitrogen and oxygen atoms in total. The zero-order valence-electron chi connectivity index (χ0n) is 22.4. The molecule has 0 radical (unpaired) electrons. The fraction of sp³-hybridized carbons (Fsp3) is 0.357. The summed E-state index contributed by atoms with van der Waals surface area (Å²) < 4.78 is 114. The number of anilines is 2. The molecular formula is C28H27F6N3O5S. The van der Waals surface area contributed by atoms with Crippen LogP contribution in [-0.4, -0.2) is 81.6 Å². The van der Waals surface area contributed by atoms with Gasteiger partial charge in [-0.05, 0) is 53.6 Å². The molecule has 2 N–H and O–H groups in total. The molecule has 15 heteroatoms. The molecule has 0 bridgehead atoms. The van der Waals surface area contributed by atoms with Gasteiger partial charge in [-0.3, -0.25) is 9.21 Å². The molecule has 5 rings (SSSR count). The summed E-state index contributed by atoms with van der Waals surface area (Å²) in [5.74, 6) is -1.32. The highest BCUT2D eigenvalue weighted by Crippen LogP contribution is 2.43. The Morgan fingerprint density at radius 3 is 2.42 bits per heavy atom. The Kier molecular flexibility index (Phi) is 8.53. The summed E-state index contributed by atoms with van der Waals surface area (Å²) in [7, 11) is -4.58. The van der Waals surface area contributed by atoms with Crippen LogP contribution in [0.3, 0.4) is 0 Å². The smallest absolute Gasteiger partial charge is 0.416 e. The highest BCUT2D eigenvalue weighted by atomic mass is 32.2. The molecule has 1 saturated heterocycles. The van der Waals surface area contributed by atoms with E-state index in [0.717, 1.165) is 34.6 Å². The lowest BCUT2D eigenvalue weighted by atomic mass is 10.00. The second kappa shape index (κ2) is 11.9. The van der Waals surface area contributed by atoms with Gasteiger partial charge in [-0.15, -0.1) is 0 Å². The predicted molar refractivity (Wildman–Crippen MR) is 145 cm³/mol. The van der Waals surface area contributed by atoms with Crippen molar-refractivity contribution in [3.05, 3.63) is 72.0 Å². The number of sulfonamides is 1. The summed E-state index contributed by atoms with van der Waals surface area (Å²) in [6.07, 6.45) is -5.80. The molecule has 0 aliphatic carbocycles. The Balaban J connectivity index is 1.60. The molecule has 2 aliphatic rings. The van der Waals surface area contributed by atoms with Gasteiger partial charge in [-0.1, -0.05) is 12.1 Å². The average Bonchev–Trinajstić information content (AvgIpc) is 2.95. The van der Waals surface area contributed by atoms with Crippen LogP contribution >= 0.6 is 0 Å². The Morgan fingerprint density at radius 2 is 1.72 bits per heavy atom. The van der Waals surface area contributed by atoms with Crippen LogP contribution in [0.15, 0.2) is 65.6 Å². The number of aliphatic hydroxyl groups is 2. The summed E-state index contributed by atoms with van der Waals surface area (Å²) in [5.41, 5.74) is -0.229. The van der Waals surface area contributed by atoms with Crippen molar-refractivity contribution in [3.8, 4) is 16.9 Å². The minimum Gasteiger partial charge on any atom is -0.435 e. The van der Waals surface area contributed by atoms with Gasteiger partial charge in [0.25, 0.3) is 10.0 Å². The van der Waals surface area contributed by atoms with Crippen molar-refractivity contribution in [2.24, 2.45) is 0 Å². The van der Waals surface area contributed by atoms with E-state index in [4.69, 9.17) is 0 Å². The Hall–Kier alpha value is -3.53. The van der Waals surface area contributed by atoms with Crippen molar-refractivity contribution in [1.29, 1.82) is 0 Å². The van der Waals surface area contributed by atoms with Gasteiger partial charge in [0.15, 0.2) is 0 Å². The van der Waals surface area contributed by atoms with Crippen LogP contribution in [-0.2, 0) is 16.2 Å². The van der Waals surface area contributed by atoms with Crippen LogP contribution < -0.4 is 13.9 Å². The monoisotopic (exact) mass is 631 g/mol. The summed E-state index contributed by atoms with van der Waals surface area (Å²) in [6.45, 7) is -2.56. The number of alkyl halides is 5. The van der Waals surface area contributed by atoms with Crippen LogP contribution in [0.2, 0.25) is 0 Å². The lowest BCUT2D eigenvalue weighted by Gasteiger charge is -2.49. The van der Waals surface area contributed by atoms with Gasteiger partial charge in [0.2, 0.25) is 0 Å². The second-order valence-corrected chi connectivity index (χ2v) is 12.1. The number of hydrogen-bond acceptors (Lipinski definition) is 7. The minimum atomic E-state index is -4.79. The van der Waals surface area contributed by atoms with Crippen molar-refractivity contribution in [2.75, 3.05) is 48.5 Å². The summed E-state index contributed by atoms with van der Waals surface area (Å²) >= 11 is 0. The van der Waals surface area contributed by atoms with Crippen molar-refractivity contribution >= 4 is 21.4 Å². The molecule has 3 aromatic carbocycles. The third-order valence-corrected chi connectivity index (χ3v) is 9.13. The average molecular weight is 632 g/mol. The summed E-state index contributed by atoms with van der Waals surface area (Å²) in [4.78, 5) is 3.21. The van der Waals surface area contributed by atoms with E-state index >= 15 is 0 Å². The molecule has 0 unspecified atom stereocenters. The normalized spacial score (nSPS) is 18.4. The molecule has 0 aromatic heterocycles. The highest BCUT2D eigenvalue weighted by Gasteiger charge is 2.41. The zero-order chi connectivity index (χ0) is 31.1. The molecule has 2 heterocycles. The van der Waals surface area contributed by atoms with Crippen LogP contribution in [0.5, 0.6) is 5.75 Å². The lowest BCUT2D eigenvalue weighted by Crippen LogP contribution is -2.61. The number of fused-ring (bicyclic) bond motifs is 3. The van der Waals surface area contributed by atoms with E-state index in [1.807, 2.05) is 9.80 Å². The van der Waals surface area contributed by atoms with Crippen molar-refractivity contribution in [2.45, 2.75) is 29.8 Å². The van der Waals surface area contributed by atoms with Gasteiger partial charge < -0.3 is 19.8 Å². The first-order valence-electron chi connectivity index (χ1n) is 13.1. The molecular weight excluding hydrogens is 604 g/mol. The number of β-amino-alcohol motifs (C(OH)–C–C–N with tert-alkyl or cyclic N) is 1. The van der Waals surface area contributed by atoms with Crippen molar-refractivity contribution < 1.29 is 49.7 Å². The number of ether oxygens (including phenoxy) is 1. The Bertz CT molecular complexity index is 1590. The third-order valence-electron chi connectivity index (χ3n) is 7.36. The highest BCUT2D eigenvalue weighted by molar-refractivity contribution is 7.92. The summed E-state index contributed by atoms with van der Waals surface area (Å²) in [5, 5.41) is 19.2. The maximum atomic E-state index is 14.3. The van der Waals surface area contributed by atoms with E-state index in [2.05, 4.69) is 4.74 Å². The number of hydrogen-bond donors (Lipinski definition) is 2. The maximum Gasteiger partial charge on any atom is 0.416 e. The van der Waals surface area contributed by atoms with Crippen LogP contribution in [0.1, 0.15) is 5.56 Å². The molecule has 43 heavy (non-hydrogen) atoms. The van der Waals surface area contributed by atoms with Gasteiger partial charge in [-0.25, -0.2) is 12.8 Å². The number of nitrogens with zero attached hydrogens (tertiary/aromatic N) is 3. The minimum absolute atomic E-state index is 0.107. The maximum absolute atomic E-state index is 14.3. The van der Waals surface area contributed by atoms with E-state index in [0.29, 0.717) is 24.8 Å². The van der Waals surface area contributed by atoms with E-state index in [-0.39, 0.29) is 36.4 Å². The number of benzene rings is 3. The first kappa shape index (κ1) is 30.9. The summed E-state index contributed by atoms with van der Waals surface area (Å²) in [6, 6.07) is 10.5. The predicted octanol–water partition coefficient (Wildman–Crippen LogP) is 4.17. The number of rotatable bonds is 8. The molecule has 0 amide bonds. The largest absolute Gasteiger partial charge is 0.435 e. The Labute approximate surface area is 243 Å². The molecule has 2 atom stereocenters. The van der Waals surface area contributed by atoms with E-state index in [1.165, 1.54) is 12.1 Å². The first-order valence-corrected chi connectivity index (χ1v) is 14.6. The first-order chi connectivity index (χ1) is 20.3. The van der Waals surface area contributed by atoms with Gasteiger partial charge in [0.1, 0.15) is 11.6 Å². The molecule has 1 fully saturated rings. The molecule has 2 aliphatic heterocycles. The Morgan fingerprint density at radius 1 is 0.953 bits per heavy atom. The number of piperazine rings is 1. The fourth-order valence-electron chi connectivity index (χ4n) is 5.44. The molecule has 0 spiro atoms. The van der Waals surface area contributed by atoms with E-state index < -0.39 is 63.6 Å². The topological polar surface area (TPSA) is 93.6 Å². The van der Waals surface area contributed by atoms with Crippen molar-refractivity contribution in [3.63, 3.8) is 0 Å². The van der Waals surface area contributed by atoms with Gasteiger partial charge in [0, 0.05) is 32.2 Å².